The first-order chi connectivity index (χ1) is 16.8. The average Bonchev–Trinajstić information content (AvgIpc) is 2.83. The molecule has 4 aliphatic carbocycles. The van der Waals surface area contributed by atoms with Crippen molar-refractivity contribution in [2.24, 2.45) is 47.3 Å². The highest BCUT2D eigenvalue weighted by molar-refractivity contribution is 4.83. The molecule has 8 N–H and O–H groups in total. The van der Waals surface area contributed by atoms with Gasteiger partial charge in [0.25, 0.3) is 0 Å². The summed E-state index contributed by atoms with van der Waals surface area (Å²) in [6.07, 6.45) is 10.3. The standard InChI is InChI=1S/C8H14F2.2C8H15F.C8H16.4CH4.4H2O/c1-5-3-4-6(2)8(10)7(5)9;2*1-6-3-4-7(2)8(9)5-6;1-7-3-5-8(2)6-4-7;;;;;;;;/h5-8H,3-4H2,1-2H3;2*6-8H,3-5H2,1-2H3;7-8H,3-6H2,1-2H3;4*1H4;4*1H2. The molecule has 0 amide bonds. The van der Waals surface area contributed by atoms with Crippen LogP contribution in [0.5, 0.6) is 0 Å². The summed E-state index contributed by atoms with van der Waals surface area (Å²) in [4.78, 5) is 0. The van der Waals surface area contributed by atoms with E-state index in [1.807, 2.05) is 13.8 Å². The normalized spacial score (nSPS) is 36.8. The lowest BCUT2D eigenvalue weighted by Gasteiger charge is -2.30. The highest BCUT2D eigenvalue weighted by Gasteiger charge is 2.35. The van der Waals surface area contributed by atoms with Gasteiger partial charge in [-0.05, 0) is 85.9 Å². The SMILES string of the molecule is C.C.C.C.CC1CCC(C)C(F)C1.CC1CCC(C)C(F)C1.CC1CCC(C)C(F)C1F.CC1CCC(C)CC1.O.O.O.O. The van der Waals surface area contributed by atoms with Crippen molar-refractivity contribution in [1.29, 1.82) is 0 Å². The molecule has 10 unspecified atom stereocenters. The predicted molar refractivity (Wildman–Crippen MR) is 190 cm³/mol. The minimum atomic E-state index is -1.22. The Bertz CT molecular complexity index is 518. The maximum absolute atomic E-state index is 12.8. The molecule has 4 fully saturated rings. The van der Waals surface area contributed by atoms with Crippen LogP contribution in [0.1, 0.15) is 162 Å². The van der Waals surface area contributed by atoms with Crippen molar-refractivity contribution < 1.29 is 39.5 Å². The second kappa shape index (κ2) is 32.5. The lowest BCUT2D eigenvalue weighted by molar-refractivity contribution is 0.0367. The molecular formula is C36H84F4O4. The molecule has 4 nitrogen and oxygen atoms in total. The Hall–Kier alpha value is -0.440. The van der Waals surface area contributed by atoms with Gasteiger partial charge in [-0.3, -0.25) is 0 Å². The molecule has 44 heavy (non-hydrogen) atoms. The highest BCUT2D eigenvalue weighted by atomic mass is 19.2. The Balaban J connectivity index is -0.0000000618. The van der Waals surface area contributed by atoms with E-state index in [-0.39, 0.29) is 63.4 Å². The summed E-state index contributed by atoms with van der Waals surface area (Å²) < 4.78 is 51.3. The van der Waals surface area contributed by atoms with Gasteiger partial charge in [-0.15, -0.1) is 0 Å². The molecule has 0 aromatic heterocycles. The van der Waals surface area contributed by atoms with Crippen LogP contribution in [0.3, 0.4) is 0 Å². The molecule has 280 valence electrons. The molecule has 0 bridgehead atoms. The van der Waals surface area contributed by atoms with Crippen LogP contribution in [0.15, 0.2) is 0 Å². The van der Waals surface area contributed by atoms with Crippen LogP contribution < -0.4 is 0 Å². The Morgan fingerprint density at radius 3 is 0.727 bits per heavy atom. The third-order valence-corrected chi connectivity index (χ3v) is 9.49. The second-order valence-corrected chi connectivity index (χ2v) is 13.6. The largest absolute Gasteiger partial charge is 0.412 e. The summed E-state index contributed by atoms with van der Waals surface area (Å²) in [5, 5.41) is 0. The van der Waals surface area contributed by atoms with Crippen molar-refractivity contribution in [3.05, 3.63) is 0 Å². The number of rotatable bonds is 0. The van der Waals surface area contributed by atoms with Gasteiger partial charge in [-0.25, -0.2) is 17.6 Å². The minimum Gasteiger partial charge on any atom is -0.412 e. The molecule has 4 saturated carbocycles. The van der Waals surface area contributed by atoms with Crippen LogP contribution in [0.25, 0.3) is 0 Å². The summed E-state index contributed by atoms with van der Waals surface area (Å²) in [6.45, 7) is 16.6. The van der Waals surface area contributed by atoms with Crippen molar-refractivity contribution in [2.75, 3.05) is 0 Å². The Morgan fingerprint density at radius 1 is 0.318 bits per heavy atom. The monoisotopic (exact) mass is 657 g/mol. The van der Waals surface area contributed by atoms with Crippen molar-refractivity contribution >= 4 is 0 Å². The van der Waals surface area contributed by atoms with Crippen LogP contribution >= 0.6 is 0 Å². The zero-order chi connectivity index (χ0) is 27.4. The van der Waals surface area contributed by atoms with Gasteiger partial charge in [-0.1, -0.05) is 124 Å². The first-order valence-electron chi connectivity index (χ1n) is 15.4. The molecule has 0 radical (unpaired) electrons. The summed E-state index contributed by atoms with van der Waals surface area (Å²) in [7, 11) is 0. The van der Waals surface area contributed by atoms with E-state index in [1.54, 1.807) is 13.8 Å². The summed E-state index contributed by atoms with van der Waals surface area (Å²) in [6, 6.07) is 0. The fraction of sp³-hybridized carbons (Fsp3) is 1.00. The van der Waals surface area contributed by atoms with E-state index in [9.17, 15) is 17.6 Å². The third kappa shape index (κ3) is 24.7. The third-order valence-electron chi connectivity index (χ3n) is 9.49. The van der Waals surface area contributed by atoms with Gasteiger partial charge < -0.3 is 21.9 Å². The summed E-state index contributed by atoms with van der Waals surface area (Å²) >= 11 is 0. The molecule has 0 saturated heterocycles. The average molecular weight is 657 g/mol. The summed E-state index contributed by atoms with van der Waals surface area (Å²) in [5.74, 6) is 3.77. The topological polar surface area (TPSA) is 126 Å². The van der Waals surface area contributed by atoms with Gasteiger partial charge >= 0.3 is 0 Å². The molecule has 0 aliphatic heterocycles. The highest BCUT2D eigenvalue weighted by Crippen LogP contribution is 2.33. The zero-order valence-electron chi connectivity index (χ0n) is 26.9. The van der Waals surface area contributed by atoms with E-state index in [0.717, 1.165) is 50.4 Å². The van der Waals surface area contributed by atoms with E-state index >= 15 is 0 Å². The van der Waals surface area contributed by atoms with Gasteiger partial charge in [0, 0.05) is 0 Å². The number of alkyl halides is 4. The van der Waals surface area contributed by atoms with Crippen LogP contribution in [0.4, 0.5) is 17.6 Å². The second-order valence-electron chi connectivity index (χ2n) is 13.6. The lowest BCUT2D eigenvalue weighted by atomic mass is 9.81. The fourth-order valence-corrected chi connectivity index (χ4v) is 5.82. The Morgan fingerprint density at radius 2 is 0.523 bits per heavy atom. The van der Waals surface area contributed by atoms with E-state index in [2.05, 4.69) is 27.7 Å². The van der Waals surface area contributed by atoms with Gasteiger partial charge in [0.2, 0.25) is 0 Å². The molecule has 10 atom stereocenters. The van der Waals surface area contributed by atoms with Crippen LogP contribution in [-0.4, -0.2) is 46.6 Å². The van der Waals surface area contributed by atoms with Gasteiger partial charge in [0.1, 0.15) is 24.7 Å². The lowest BCUT2D eigenvalue weighted by Crippen LogP contribution is -2.35. The van der Waals surface area contributed by atoms with E-state index < -0.39 is 24.7 Å². The number of hydrogen-bond donors (Lipinski definition) is 0. The Labute approximate surface area is 273 Å². The van der Waals surface area contributed by atoms with Gasteiger partial charge in [0.15, 0.2) is 0 Å². The van der Waals surface area contributed by atoms with Gasteiger partial charge in [0.05, 0.1) is 0 Å². The van der Waals surface area contributed by atoms with Crippen molar-refractivity contribution in [1.82, 2.24) is 0 Å². The van der Waals surface area contributed by atoms with Crippen LogP contribution in [-0.2, 0) is 0 Å². The Kier molecular flexibility index (Phi) is 46.1. The maximum Gasteiger partial charge on any atom is 0.134 e. The zero-order valence-corrected chi connectivity index (χ0v) is 26.9. The molecule has 4 rings (SSSR count). The van der Waals surface area contributed by atoms with Crippen LogP contribution in [0, 0.1) is 47.3 Å². The summed E-state index contributed by atoms with van der Waals surface area (Å²) in [5.41, 5.74) is 0. The molecule has 0 spiro atoms. The smallest absolute Gasteiger partial charge is 0.134 e. The maximum atomic E-state index is 12.8. The molecule has 0 aromatic rings. The number of halogens is 4. The molecule has 4 aliphatic rings. The number of hydrogen-bond acceptors (Lipinski definition) is 0. The predicted octanol–water partition coefficient (Wildman–Crippen LogP) is 10.4. The minimum absolute atomic E-state index is 0. The molecule has 8 heteroatoms. The van der Waals surface area contributed by atoms with Crippen molar-refractivity contribution in [2.45, 2.75) is 187 Å². The molecule has 0 heterocycles. The van der Waals surface area contributed by atoms with E-state index in [4.69, 9.17) is 0 Å². The van der Waals surface area contributed by atoms with Crippen molar-refractivity contribution in [3.8, 4) is 0 Å². The van der Waals surface area contributed by atoms with Gasteiger partial charge in [-0.2, -0.15) is 0 Å². The van der Waals surface area contributed by atoms with Crippen LogP contribution in [0.2, 0.25) is 0 Å². The van der Waals surface area contributed by atoms with E-state index in [0.29, 0.717) is 23.7 Å². The fourth-order valence-electron chi connectivity index (χ4n) is 5.82. The van der Waals surface area contributed by atoms with E-state index in [1.165, 1.54) is 38.5 Å². The first kappa shape index (κ1) is 62.4. The molecule has 0 aromatic carbocycles. The first-order valence-corrected chi connectivity index (χ1v) is 15.4. The van der Waals surface area contributed by atoms with Crippen molar-refractivity contribution in [3.63, 3.8) is 0 Å². The molecular weight excluding hydrogens is 572 g/mol. The quantitative estimate of drug-likeness (QED) is 0.230.